The highest BCUT2D eigenvalue weighted by Gasteiger charge is 2.19. The van der Waals surface area contributed by atoms with Gasteiger partial charge < -0.3 is 10.0 Å². The zero-order valence-corrected chi connectivity index (χ0v) is 13.8. The van der Waals surface area contributed by atoms with Crippen LogP contribution in [0.5, 0.6) is 0 Å². The number of nitrogens with zero attached hydrogens (tertiary/aromatic N) is 4. The van der Waals surface area contributed by atoms with E-state index >= 15 is 0 Å². The number of thioether (sulfide) groups is 1. The van der Waals surface area contributed by atoms with Crippen LogP contribution in [0.15, 0.2) is 23.3 Å². The van der Waals surface area contributed by atoms with Crippen LogP contribution in [0.2, 0.25) is 5.15 Å². The maximum Gasteiger partial charge on any atom is 0.303 e. The third-order valence-electron chi connectivity index (χ3n) is 2.63. The highest BCUT2D eigenvalue weighted by atomic mass is 35.5. The summed E-state index contributed by atoms with van der Waals surface area (Å²) in [4.78, 5) is 19.5. The lowest BCUT2D eigenvalue weighted by atomic mass is 10.3. The van der Waals surface area contributed by atoms with Crippen LogP contribution in [-0.4, -0.2) is 38.4 Å². The summed E-state index contributed by atoms with van der Waals surface area (Å²) >= 11 is 7.32. The van der Waals surface area contributed by atoms with Gasteiger partial charge in [-0.3, -0.25) is 4.79 Å². The molecule has 1 aromatic rings. The third-order valence-corrected chi connectivity index (χ3v) is 3.85. The molecule has 0 atom stereocenters. The first-order valence-electron chi connectivity index (χ1n) is 6.73. The Morgan fingerprint density at radius 1 is 1.64 bits per heavy atom. The summed E-state index contributed by atoms with van der Waals surface area (Å²) in [7, 11) is 0. The molecular weight excluding hydrogens is 324 g/mol. The van der Waals surface area contributed by atoms with Crippen LogP contribution in [0, 0.1) is 11.5 Å². The van der Waals surface area contributed by atoms with E-state index in [2.05, 4.69) is 14.9 Å². The van der Waals surface area contributed by atoms with E-state index in [1.165, 1.54) is 0 Å². The summed E-state index contributed by atoms with van der Waals surface area (Å²) in [6, 6.07) is 3.70. The minimum atomic E-state index is -0.711. The smallest absolute Gasteiger partial charge is 0.303 e. The quantitative estimate of drug-likeness (QED) is 0.669. The lowest BCUT2D eigenvalue weighted by Gasteiger charge is -2.16. The van der Waals surface area contributed by atoms with E-state index in [0.717, 1.165) is 36.0 Å². The fourth-order valence-electron chi connectivity index (χ4n) is 1.66. The third kappa shape index (κ3) is 6.78. The van der Waals surface area contributed by atoms with Gasteiger partial charge in [0, 0.05) is 31.5 Å². The number of carbonyl (C=O) groups is 1. The molecule has 8 heteroatoms. The maximum atomic E-state index is 9.60. The number of aliphatic imine (C=N–C) groups is 1. The molecule has 1 fully saturated rings. The van der Waals surface area contributed by atoms with Crippen molar-refractivity contribution >= 4 is 34.5 Å². The van der Waals surface area contributed by atoms with E-state index in [1.807, 2.05) is 19.2 Å². The Labute approximate surface area is 138 Å². The topological polar surface area (TPSA) is 89.6 Å². The van der Waals surface area contributed by atoms with Crippen molar-refractivity contribution in [1.29, 1.82) is 5.26 Å². The number of rotatable bonds is 4. The van der Waals surface area contributed by atoms with Gasteiger partial charge in [-0.1, -0.05) is 36.4 Å². The number of aliphatic carboxylic acids is 1. The van der Waals surface area contributed by atoms with E-state index in [-0.39, 0.29) is 0 Å². The number of nitriles is 1. The van der Waals surface area contributed by atoms with Crippen molar-refractivity contribution in [2.45, 2.75) is 26.3 Å². The lowest BCUT2D eigenvalue weighted by molar-refractivity contribution is -0.137. The molecule has 0 spiro atoms. The number of halogens is 1. The fourth-order valence-corrected chi connectivity index (χ4v) is 2.71. The molecule has 22 heavy (non-hydrogen) atoms. The summed E-state index contributed by atoms with van der Waals surface area (Å²) in [6.45, 7) is 3.47. The van der Waals surface area contributed by atoms with Gasteiger partial charge in [0.15, 0.2) is 5.17 Å². The average molecular weight is 341 g/mol. The summed E-state index contributed by atoms with van der Waals surface area (Å²) in [5.41, 5.74) is 1.07. The molecular formula is C14H17ClN4O2S. The molecule has 0 saturated carbocycles. The van der Waals surface area contributed by atoms with Gasteiger partial charge in [0.2, 0.25) is 6.19 Å². The number of carboxylic acid groups (broad SMARTS) is 1. The van der Waals surface area contributed by atoms with E-state index in [9.17, 15) is 4.79 Å². The Morgan fingerprint density at radius 2 is 2.41 bits per heavy atom. The predicted molar refractivity (Wildman–Crippen MR) is 87.7 cm³/mol. The number of hydrogen-bond donors (Lipinski definition) is 1. The van der Waals surface area contributed by atoms with Crippen molar-refractivity contribution < 1.29 is 9.90 Å². The summed E-state index contributed by atoms with van der Waals surface area (Å²) in [5.74, 6) is 0.263. The Morgan fingerprint density at radius 3 is 2.91 bits per heavy atom. The van der Waals surface area contributed by atoms with Gasteiger partial charge >= 0.3 is 5.97 Å². The molecule has 1 aromatic heterocycles. The van der Waals surface area contributed by atoms with Gasteiger partial charge in [-0.25, -0.2) is 4.98 Å². The second-order valence-corrected chi connectivity index (χ2v) is 5.85. The number of hydrogen-bond acceptors (Lipinski definition) is 5. The molecule has 0 bridgehead atoms. The van der Waals surface area contributed by atoms with Crippen molar-refractivity contribution in [3.05, 3.63) is 29.0 Å². The lowest BCUT2D eigenvalue weighted by Crippen LogP contribution is -2.23. The number of carboxylic acids is 1. The summed E-state index contributed by atoms with van der Waals surface area (Å²) < 4.78 is 0. The van der Waals surface area contributed by atoms with Crippen LogP contribution >= 0.6 is 23.4 Å². The maximum absolute atomic E-state index is 9.60. The molecule has 0 aliphatic carbocycles. The van der Waals surface area contributed by atoms with E-state index in [1.54, 1.807) is 24.0 Å². The van der Waals surface area contributed by atoms with Crippen LogP contribution in [0.25, 0.3) is 0 Å². The SMILES string of the molecule is CCCC(=O)O.N#CN=C1SCCN1Cc1ccc(Cl)nc1. The first kappa shape index (κ1) is 18.3. The highest BCUT2D eigenvalue weighted by molar-refractivity contribution is 8.14. The minimum absolute atomic E-state index is 0.292. The van der Waals surface area contributed by atoms with Crippen molar-refractivity contribution in [3.8, 4) is 6.19 Å². The number of amidine groups is 1. The van der Waals surface area contributed by atoms with Gasteiger partial charge in [0.1, 0.15) is 5.15 Å². The molecule has 0 radical (unpaired) electrons. The zero-order chi connectivity index (χ0) is 16.4. The van der Waals surface area contributed by atoms with Gasteiger partial charge in [-0.05, 0) is 18.1 Å². The monoisotopic (exact) mass is 340 g/mol. The summed E-state index contributed by atoms with van der Waals surface area (Å²) in [5, 5.41) is 17.7. The normalized spacial score (nSPS) is 15.1. The molecule has 0 aromatic carbocycles. The van der Waals surface area contributed by atoms with Gasteiger partial charge in [0.05, 0.1) is 0 Å². The summed E-state index contributed by atoms with van der Waals surface area (Å²) in [6.07, 6.45) is 4.59. The van der Waals surface area contributed by atoms with Crippen LogP contribution in [-0.2, 0) is 11.3 Å². The van der Waals surface area contributed by atoms with Gasteiger partial charge in [-0.15, -0.1) is 4.99 Å². The molecule has 6 nitrogen and oxygen atoms in total. The Kier molecular flexibility index (Phi) is 8.33. The van der Waals surface area contributed by atoms with Gasteiger partial charge in [-0.2, -0.15) is 5.26 Å². The van der Waals surface area contributed by atoms with Crippen molar-refractivity contribution in [2.24, 2.45) is 4.99 Å². The van der Waals surface area contributed by atoms with E-state index in [4.69, 9.17) is 22.0 Å². The first-order valence-corrected chi connectivity index (χ1v) is 8.10. The Balaban J connectivity index is 0.000000346. The van der Waals surface area contributed by atoms with Crippen LogP contribution < -0.4 is 0 Å². The molecule has 118 valence electrons. The fraction of sp³-hybridized carbons (Fsp3) is 0.429. The van der Waals surface area contributed by atoms with Crippen LogP contribution in [0.1, 0.15) is 25.3 Å². The van der Waals surface area contributed by atoms with Crippen molar-refractivity contribution in [1.82, 2.24) is 9.88 Å². The van der Waals surface area contributed by atoms with Crippen LogP contribution in [0.3, 0.4) is 0 Å². The molecule has 0 amide bonds. The zero-order valence-electron chi connectivity index (χ0n) is 12.2. The number of pyridine rings is 1. The molecule has 2 heterocycles. The highest BCUT2D eigenvalue weighted by Crippen LogP contribution is 2.20. The minimum Gasteiger partial charge on any atom is -0.481 e. The molecule has 1 aliphatic rings. The Bertz CT molecular complexity index is 557. The van der Waals surface area contributed by atoms with E-state index < -0.39 is 5.97 Å². The van der Waals surface area contributed by atoms with Crippen LogP contribution in [0.4, 0.5) is 0 Å². The largest absolute Gasteiger partial charge is 0.481 e. The van der Waals surface area contributed by atoms with Gasteiger partial charge in [0.25, 0.3) is 0 Å². The Hall–Kier alpha value is -1.78. The second-order valence-electron chi connectivity index (χ2n) is 4.40. The molecule has 2 rings (SSSR count). The average Bonchev–Trinajstić information content (AvgIpc) is 2.90. The van der Waals surface area contributed by atoms with E-state index in [0.29, 0.717) is 11.6 Å². The molecule has 1 aliphatic heterocycles. The molecule has 1 N–H and O–H groups in total. The first-order chi connectivity index (χ1) is 10.6. The standard InChI is InChI=1S/C10H9ClN4S.C4H8O2/c11-9-2-1-8(5-13-9)6-15-3-4-16-10(15)14-7-12;1-2-3-4(5)6/h1-2,5H,3-4,6H2;2-3H2,1H3,(H,5,6). The molecule has 1 saturated heterocycles. The van der Waals surface area contributed by atoms with Crippen molar-refractivity contribution in [3.63, 3.8) is 0 Å². The molecule has 0 unspecified atom stereocenters. The predicted octanol–water partition coefficient (Wildman–Crippen LogP) is 2.99. The second kappa shape index (κ2) is 10.0. The van der Waals surface area contributed by atoms with Crippen molar-refractivity contribution in [2.75, 3.05) is 12.3 Å². The number of aromatic nitrogens is 1.